The highest BCUT2D eigenvalue weighted by molar-refractivity contribution is 5.96. The number of hydrogen-bond acceptors (Lipinski definition) is 5. The van der Waals surface area contributed by atoms with Gasteiger partial charge in [0.1, 0.15) is 6.54 Å². The highest BCUT2D eigenvalue weighted by Crippen LogP contribution is 2.22. The van der Waals surface area contributed by atoms with Crippen molar-refractivity contribution < 1.29 is 23.9 Å². The minimum atomic E-state index is -0.665. The molecular formula is C20H28N2O5. The number of hydrogen-bond donors (Lipinski definition) is 2. The van der Waals surface area contributed by atoms with E-state index in [1.165, 1.54) is 0 Å². The first-order valence-electron chi connectivity index (χ1n) is 9.18. The number of benzene rings is 1. The van der Waals surface area contributed by atoms with Gasteiger partial charge in [-0.2, -0.15) is 0 Å². The average Bonchev–Trinajstić information content (AvgIpc) is 3.15. The summed E-state index contributed by atoms with van der Waals surface area (Å²) in [4.78, 5) is 35.4. The average molecular weight is 376 g/mol. The van der Waals surface area contributed by atoms with Gasteiger partial charge in [0, 0.05) is 18.7 Å². The Balaban J connectivity index is 1.66. The Labute approximate surface area is 159 Å². The lowest BCUT2D eigenvalue weighted by atomic mass is 9.87. The lowest BCUT2D eigenvalue weighted by Crippen LogP contribution is -2.36. The van der Waals surface area contributed by atoms with E-state index in [-0.39, 0.29) is 36.5 Å². The Morgan fingerprint density at radius 1 is 1.15 bits per heavy atom. The molecule has 0 spiro atoms. The summed E-state index contributed by atoms with van der Waals surface area (Å²) in [6, 6.07) is 7.23. The van der Waals surface area contributed by atoms with Crippen LogP contribution in [-0.4, -0.2) is 50.2 Å². The Kier molecular flexibility index (Phi) is 7.36. The van der Waals surface area contributed by atoms with Crippen molar-refractivity contribution in [2.24, 2.45) is 0 Å². The first-order chi connectivity index (χ1) is 12.8. The van der Waals surface area contributed by atoms with Crippen molar-refractivity contribution >= 4 is 17.8 Å². The van der Waals surface area contributed by atoms with Gasteiger partial charge in [0.25, 0.3) is 11.8 Å². The summed E-state index contributed by atoms with van der Waals surface area (Å²) in [5, 5.41) is 5.15. The van der Waals surface area contributed by atoms with Crippen LogP contribution in [0.15, 0.2) is 24.3 Å². The number of esters is 1. The van der Waals surface area contributed by atoms with E-state index in [1.807, 2.05) is 12.1 Å². The summed E-state index contributed by atoms with van der Waals surface area (Å²) in [5.74, 6) is -1.42. The quantitative estimate of drug-likeness (QED) is 0.704. The fourth-order valence-electron chi connectivity index (χ4n) is 2.66. The highest BCUT2D eigenvalue weighted by atomic mass is 16.5. The minimum Gasteiger partial charge on any atom is -0.454 e. The monoisotopic (exact) mass is 376 g/mol. The fraction of sp³-hybridized carbons (Fsp3) is 0.550. The zero-order valence-electron chi connectivity index (χ0n) is 16.2. The molecule has 0 radical (unpaired) electrons. The zero-order valence-corrected chi connectivity index (χ0v) is 16.2. The second-order valence-electron chi connectivity index (χ2n) is 7.61. The molecule has 1 saturated heterocycles. The van der Waals surface area contributed by atoms with E-state index in [0.717, 1.165) is 18.4 Å². The maximum absolute atomic E-state index is 12.1. The summed E-state index contributed by atoms with van der Waals surface area (Å²) < 4.78 is 10.3. The predicted molar refractivity (Wildman–Crippen MR) is 100 cm³/mol. The Hall–Kier alpha value is -2.41. The van der Waals surface area contributed by atoms with Crippen LogP contribution < -0.4 is 10.6 Å². The molecule has 7 nitrogen and oxygen atoms in total. The first kappa shape index (κ1) is 20.9. The smallest absolute Gasteiger partial charge is 0.325 e. The molecule has 1 fully saturated rings. The molecular weight excluding hydrogens is 348 g/mol. The number of ether oxygens (including phenoxy) is 2. The van der Waals surface area contributed by atoms with Gasteiger partial charge in [-0.25, -0.2) is 0 Å². The normalized spacial score (nSPS) is 16.6. The van der Waals surface area contributed by atoms with Crippen LogP contribution in [-0.2, 0) is 24.5 Å². The van der Waals surface area contributed by atoms with Gasteiger partial charge in [-0.05, 0) is 36.0 Å². The lowest BCUT2D eigenvalue weighted by molar-refractivity contribution is -0.147. The van der Waals surface area contributed by atoms with Crippen molar-refractivity contribution in [2.75, 3.05) is 26.3 Å². The molecule has 1 aliphatic heterocycles. The van der Waals surface area contributed by atoms with Gasteiger partial charge in [0.15, 0.2) is 6.61 Å². The van der Waals surface area contributed by atoms with Crippen LogP contribution in [0.3, 0.4) is 0 Å². The van der Waals surface area contributed by atoms with Gasteiger partial charge in [-0.1, -0.05) is 32.9 Å². The van der Waals surface area contributed by atoms with Gasteiger partial charge in [0.2, 0.25) is 0 Å². The number of rotatable bonds is 7. The highest BCUT2D eigenvalue weighted by Gasteiger charge is 2.17. The van der Waals surface area contributed by atoms with Crippen molar-refractivity contribution in [2.45, 2.75) is 45.1 Å². The zero-order chi connectivity index (χ0) is 19.9. The van der Waals surface area contributed by atoms with Crippen LogP contribution in [0.5, 0.6) is 0 Å². The SMILES string of the molecule is CC(C)(C)c1ccc(C(=O)NCC(=O)OCC(=O)NCC2CCCO2)cc1. The molecule has 0 aliphatic carbocycles. The van der Waals surface area contributed by atoms with Crippen LogP contribution in [0.2, 0.25) is 0 Å². The van der Waals surface area contributed by atoms with Gasteiger partial charge < -0.3 is 20.1 Å². The van der Waals surface area contributed by atoms with Gasteiger partial charge >= 0.3 is 5.97 Å². The molecule has 1 unspecified atom stereocenters. The van der Waals surface area contributed by atoms with E-state index >= 15 is 0 Å². The molecule has 2 N–H and O–H groups in total. The summed E-state index contributed by atoms with van der Waals surface area (Å²) >= 11 is 0. The number of carbonyl (C=O) groups is 3. The van der Waals surface area contributed by atoms with Crippen LogP contribution >= 0.6 is 0 Å². The third kappa shape index (κ3) is 7.02. The van der Waals surface area contributed by atoms with Crippen molar-refractivity contribution in [1.29, 1.82) is 0 Å². The van der Waals surface area contributed by atoms with Gasteiger partial charge in [-0.15, -0.1) is 0 Å². The molecule has 0 aromatic heterocycles. The van der Waals surface area contributed by atoms with Crippen molar-refractivity contribution in [3.8, 4) is 0 Å². The van der Waals surface area contributed by atoms with E-state index in [0.29, 0.717) is 18.7 Å². The van der Waals surface area contributed by atoms with Crippen LogP contribution in [0.4, 0.5) is 0 Å². The number of nitrogens with one attached hydrogen (secondary N) is 2. The topological polar surface area (TPSA) is 93.7 Å². The van der Waals surface area contributed by atoms with E-state index in [1.54, 1.807) is 12.1 Å². The molecule has 2 rings (SSSR count). The second-order valence-corrected chi connectivity index (χ2v) is 7.61. The second kappa shape index (κ2) is 9.50. The molecule has 1 aliphatic rings. The minimum absolute atomic E-state index is 0.00325. The third-order valence-corrected chi connectivity index (χ3v) is 4.32. The number of amides is 2. The lowest BCUT2D eigenvalue weighted by Gasteiger charge is -2.19. The fourth-order valence-corrected chi connectivity index (χ4v) is 2.66. The third-order valence-electron chi connectivity index (χ3n) is 4.32. The summed E-state index contributed by atoms with van der Waals surface area (Å²) in [6.07, 6.45) is 1.95. The Bertz CT molecular complexity index is 658. The molecule has 1 aromatic carbocycles. The molecule has 148 valence electrons. The maximum Gasteiger partial charge on any atom is 0.325 e. The summed E-state index contributed by atoms with van der Waals surface area (Å²) in [7, 11) is 0. The molecule has 2 amide bonds. The van der Waals surface area contributed by atoms with Crippen molar-refractivity contribution in [1.82, 2.24) is 10.6 Å². The van der Waals surface area contributed by atoms with Crippen LogP contribution in [0.25, 0.3) is 0 Å². The van der Waals surface area contributed by atoms with Crippen LogP contribution in [0, 0.1) is 0 Å². The molecule has 7 heteroatoms. The Morgan fingerprint density at radius 3 is 2.44 bits per heavy atom. The summed E-state index contributed by atoms with van der Waals surface area (Å²) in [5.41, 5.74) is 1.58. The van der Waals surface area contributed by atoms with E-state index in [4.69, 9.17) is 9.47 Å². The number of carbonyl (C=O) groups excluding carboxylic acids is 3. The standard InChI is InChI=1S/C20H28N2O5/c1-20(2,3)15-8-6-14(7-9-15)19(25)22-12-18(24)27-13-17(23)21-11-16-5-4-10-26-16/h6-9,16H,4-5,10-13H2,1-3H3,(H,21,23)(H,22,25). The van der Waals surface area contributed by atoms with Gasteiger partial charge in [-0.3, -0.25) is 14.4 Å². The van der Waals surface area contributed by atoms with E-state index in [2.05, 4.69) is 31.4 Å². The van der Waals surface area contributed by atoms with E-state index in [9.17, 15) is 14.4 Å². The van der Waals surface area contributed by atoms with Crippen LogP contribution in [0.1, 0.15) is 49.5 Å². The maximum atomic E-state index is 12.1. The molecule has 0 bridgehead atoms. The van der Waals surface area contributed by atoms with E-state index < -0.39 is 5.97 Å². The summed E-state index contributed by atoms with van der Waals surface area (Å²) in [6.45, 7) is 6.74. The largest absolute Gasteiger partial charge is 0.454 e. The molecule has 27 heavy (non-hydrogen) atoms. The first-order valence-corrected chi connectivity index (χ1v) is 9.18. The van der Waals surface area contributed by atoms with Gasteiger partial charge in [0.05, 0.1) is 6.10 Å². The van der Waals surface area contributed by atoms with Crippen molar-refractivity contribution in [3.05, 3.63) is 35.4 Å². The van der Waals surface area contributed by atoms with Crippen molar-refractivity contribution in [3.63, 3.8) is 0 Å². The molecule has 0 saturated carbocycles. The molecule has 1 aromatic rings. The molecule has 1 atom stereocenters. The predicted octanol–water partition coefficient (Wildman–Crippen LogP) is 1.55. The molecule has 1 heterocycles. The Morgan fingerprint density at radius 2 is 1.85 bits per heavy atom.